The van der Waals surface area contributed by atoms with Gasteiger partial charge < -0.3 is 4.74 Å². The highest BCUT2D eigenvalue weighted by Gasteiger charge is 2.18. The van der Waals surface area contributed by atoms with Gasteiger partial charge in [0, 0.05) is 18.4 Å². The molecule has 0 saturated heterocycles. The van der Waals surface area contributed by atoms with Crippen LogP contribution in [0.15, 0.2) is 11.6 Å². The second-order valence-electron chi connectivity index (χ2n) is 3.95. The van der Waals surface area contributed by atoms with Crippen LogP contribution in [0.2, 0.25) is 0 Å². The third-order valence-electron chi connectivity index (χ3n) is 2.21. The third-order valence-corrected chi connectivity index (χ3v) is 3.09. The van der Waals surface area contributed by atoms with Crippen LogP contribution in [0.1, 0.15) is 27.7 Å². The van der Waals surface area contributed by atoms with E-state index in [1.54, 1.807) is 7.11 Å². The fourth-order valence-corrected chi connectivity index (χ4v) is 1.87. The lowest BCUT2D eigenvalue weighted by Crippen LogP contribution is -2.25. The van der Waals surface area contributed by atoms with Gasteiger partial charge in [-0.05, 0) is 12.8 Å². The molecule has 0 unspecified atom stereocenters. The van der Waals surface area contributed by atoms with Crippen molar-refractivity contribution in [3.8, 4) is 0 Å². The van der Waals surface area contributed by atoms with E-state index in [0.717, 1.165) is 5.33 Å². The van der Waals surface area contributed by atoms with Crippen LogP contribution in [-0.2, 0) is 4.74 Å². The number of rotatable bonds is 5. The van der Waals surface area contributed by atoms with Crippen molar-refractivity contribution >= 4 is 15.9 Å². The maximum absolute atomic E-state index is 5.46. The maximum atomic E-state index is 5.46. The zero-order valence-electron chi connectivity index (χ0n) is 9.30. The summed E-state index contributed by atoms with van der Waals surface area (Å²) < 4.78 is 5.46. The molecule has 0 spiro atoms. The van der Waals surface area contributed by atoms with Gasteiger partial charge in [-0.3, -0.25) is 0 Å². The van der Waals surface area contributed by atoms with Gasteiger partial charge in [0.1, 0.15) is 0 Å². The van der Waals surface area contributed by atoms with E-state index in [1.807, 2.05) is 0 Å². The molecule has 0 radical (unpaired) electrons. The molecule has 0 saturated carbocycles. The first-order valence-electron chi connectivity index (χ1n) is 4.79. The Morgan fingerprint density at radius 2 is 1.92 bits per heavy atom. The predicted octanol–water partition coefficient (Wildman–Crippen LogP) is 3.63. The molecule has 0 rings (SSSR count). The minimum absolute atomic E-state index is 0.328. The first kappa shape index (κ1) is 13.2. The van der Waals surface area contributed by atoms with Gasteiger partial charge in [0.2, 0.25) is 0 Å². The van der Waals surface area contributed by atoms with Crippen molar-refractivity contribution in [2.75, 3.05) is 12.4 Å². The molecule has 0 aromatic carbocycles. The number of halogens is 1. The van der Waals surface area contributed by atoms with Crippen molar-refractivity contribution in [1.29, 1.82) is 0 Å². The molecule has 0 amide bonds. The molecule has 0 aliphatic carbocycles. The molecule has 1 nitrogen and oxygen atoms in total. The highest BCUT2D eigenvalue weighted by atomic mass is 79.9. The molecule has 78 valence electrons. The van der Waals surface area contributed by atoms with Crippen molar-refractivity contribution in [3.05, 3.63) is 11.6 Å². The van der Waals surface area contributed by atoms with E-state index in [9.17, 15) is 0 Å². The molecule has 0 bridgehead atoms. The van der Waals surface area contributed by atoms with Gasteiger partial charge >= 0.3 is 0 Å². The highest BCUT2D eigenvalue weighted by Crippen LogP contribution is 2.18. The van der Waals surface area contributed by atoms with Crippen molar-refractivity contribution in [2.45, 2.75) is 33.8 Å². The monoisotopic (exact) mass is 248 g/mol. The lowest BCUT2D eigenvalue weighted by molar-refractivity contribution is 0.0377. The van der Waals surface area contributed by atoms with Crippen LogP contribution in [0.4, 0.5) is 0 Å². The van der Waals surface area contributed by atoms with E-state index < -0.39 is 0 Å². The average molecular weight is 249 g/mol. The molecule has 0 aliphatic rings. The fourth-order valence-electron chi connectivity index (χ4n) is 1.68. The topological polar surface area (TPSA) is 9.23 Å². The van der Waals surface area contributed by atoms with E-state index in [0.29, 0.717) is 17.9 Å². The largest absolute Gasteiger partial charge is 0.381 e. The van der Waals surface area contributed by atoms with Gasteiger partial charge in [0.05, 0.1) is 6.10 Å². The summed E-state index contributed by atoms with van der Waals surface area (Å²) in [5.41, 5.74) is 1.37. The first-order valence-corrected chi connectivity index (χ1v) is 5.91. The summed E-state index contributed by atoms with van der Waals surface area (Å²) in [5.74, 6) is 1.06. The summed E-state index contributed by atoms with van der Waals surface area (Å²) in [7, 11) is 1.79. The van der Waals surface area contributed by atoms with Gasteiger partial charge in [-0.15, -0.1) is 0 Å². The van der Waals surface area contributed by atoms with Crippen molar-refractivity contribution in [3.63, 3.8) is 0 Å². The number of methoxy groups -OCH3 is 1. The number of hydrogen-bond acceptors (Lipinski definition) is 1. The van der Waals surface area contributed by atoms with Gasteiger partial charge in [-0.25, -0.2) is 0 Å². The Morgan fingerprint density at radius 3 is 2.23 bits per heavy atom. The van der Waals surface area contributed by atoms with Gasteiger partial charge in [0.25, 0.3) is 0 Å². The van der Waals surface area contributed by atoms with E-state index in [1.165, 1.54) is 5.57 Å². The highest BCUT2D eigenvalue weighted by molar-refractivity contribution is 9.09. The van der Waals surface area contributed by atoms with Crippen LogP contribution in [0, 0.1) is 11.8 Å². The van der Waals surface area contributed by atoms with E-state index in [4.69, 9.17) is 4.74 Å². The summed E-state index contributed by atoms with van der Waals surface area (Å²) in [6, 6.07) is 0. The SMILES string of the molecule is CO[C@@H](C(C)C)[C@@H](C)/C=C(\C)CBr. The number of ether oxygens (including phenoxy) is 1. The Kier molecular flexibility index (Phi) is 6.70. The maximum Gasteiger partial charge on any atom is 0.0654 e. The fraction of sp³-hybridized carbons (Fsp3) is 0.818. The van der Waals surface area contributed by atoms with Crippen LogP contribution in [0.3, 0.4) is 0 Å². The van der Waals surface area contributed by atoms with Crippen molar-refractivity contribution in [2.24, 2.45) is 11.8 Å². The molecule has 0 aliphatic heterocycles. The molecule has 0 aromatic rings. The van der Waals surface area contributed by atoms with Crippen LogP contribution < -0.4 is 0 Å². The summed E-state index contributed by atoms with van der Waals surface area (Å²) in [6.45, 7) is 8.74. The minimum atomic E-state index is 0.328. The molecule has 0 aromatic heterocycles. The summed E-state index contributed by atoms with van der Waals surface area (Å²) >= 11 is 3.44. The normalized spacial score (nSPS) is 17.6. The summed E-state index contributed by atoms with van der Waals surface area (Å²) in [4.78, 5) is 0. The van der Waals surface area contributed by atoms with E-state index >= 15 is 0 Å². The molecular weight excluding hydrogens is 228 g/mol. The Hall–Kier alpha value is 0.180. The molecule has 13 heavy (non-hydrogen) atoms. The standard InChI is InChI=1S/C11H21BrO/c1-8(2)11(13-5)10(4)6-9(3)7-12/h6,8,10-11H,7H2,1-5H3/b9-6+/t10-,11-/m0/s1. The van der Waals surface area contributed by atoms with E-state index in [2.05, 4.69) is 49.7 Å². The van der Waals surface area contributed by atoms with Gasteiger partial charge in [-0.2, -0.15) is 0 Å². The second kappa shape index (κ2) is 6.61. The second-order valence-corrected chi connectivity index (χ2v) is 4.51. The average Bonchev–Trinajstić information content (AvgIpc) is 2.04. The summed E-state index contributed by atoms with van der Waals surface area (Å²) in [5, 5.41) is 0.950. The number of alkyl halides is 1. The Morgan fingerprint density at radius 1 is 1.38 bits per heavy atom. The van der Waals surface area contributed by atoms with Crippen molar-refractivity contribution < 1.29 is 4.74 Å². The van der Waals surface area contributed by atoms with Gasteiger partial charge in [-0.1, -0.05) is 48.4 Å². The smallest absolute Gasteiger partial charge is 0.0654 e. The minimum Gasteiger partial charge on any atom is -0.381 e. The molecule has 0 fully saturated rings. The molecule has 0 N–H and O–H groups in total. The zero-order valence-corrected chi connectivity index (χ0v) is 10.9. The lowest BCUT2D eigenvalue weighted by Gasteiger charge is -2.24. The lowest BCUT2D eigenvalue weighted by atomic mass is 9.93. The van der Waals surface area contributed by atoms with E-state index in [-0.39, 0.29) is 0 Å². The first-order chi connectivity index (χ1) is 6.02. The van der Waals surface area contributed by atoms with Gasteiger partial charge in [0.15, 0.2) is 0 Å². The Balaban J connectivity index is 4.29. The van der Waals surface area contributed by atoms with Crippen LogP contribution in [0.25, 0.3) is 0 Å². The Bertz CT molecular complexity index is 163. The third kappa shape index (κ3) is 4.82. The van der Waals surface area contributed by atoms with Crippen LogP contribution in [0.5, 0.6) is 0 Å². The molecule has 2 heteroatoms. The van der Waals surface area contributed by atoms with Crippen LogP contribution in [-0.4, -0.2) is 18.5 Å². The predicted molar refractivity (Wildman–Crippen MR) is 62.4 cm³/mol. The van der Waals surface area contributed by atoms with Crippen LogP contribution >= 0.6 is 15.9 Å². The molecule has 0 heterocycles. The quantitative estimate of drug-likeness (QED) is 0.534. The molecule has 2 atom stereocenters. The zero-order chi connectivity index (χ0) is 10.4. The number of allylic oxidation sites excluding steroid dienone is 1. The van der Waals surface area contributed by atoms with Crippen molar-refractivity contribution in [1.82, 2.24) is 0 Å². The number of hydrogen-bond donors (Lipinski definition) is 0. The summed E-state index contributed by atoms with van der Waals surface area (Å²) in [6.07, 6.45) is 2.61. The molecular formula is C11H21BrO. The Labute approximate surface area is 90.7 Å².